The Balaban J connectivity index is 1.34. The number of aromatic amines is 1. The number of amides is 1. The zero-order valence-electron chi connectivity index (χ0n) is 22.7. The first-order valence-electron chi connectivity index (χ1n) is 13.6. The molecule has 1 aromatic carbocycles. The lowest BCUT2D eigenvalue weighted by molar-refractivity contribution is -0.126. The van der Waals surface area contributed by atoms with E-state index in [2.05, 4.69) is 46.6 Å². The van der Waals surface area contributed by atoms with E-state index in [4.69, 9.17) is 24.2 Å². The maximum absolute atomic E-state index is 12.1. The van der Waals surface area contributed by atoms with Crippen molar-refractivity contribution in [3.05, 3.63) is 42.1 Å². The van der Waals surface area contributed by atoms with Gasteiger partial charge in [0.15, 0.2) is 11.9 Å². The molecular weight excluding hydrogens is 498 g/mol. The van der Waals surface area contributed by atoms with Crippen LogP contribution >= 0.6 is 0 Å². The number of likely N-dealkylation sites (tertiary alicyclic amines) is 1. The predicted molar refractivity (Wildman–Crippen MR) is 146 cm³/mol. The van der Waals surface area contributed by atoms with E-state index in [9.17, 15) is 4.79 Å². The number of carbonyl (C=O) groups excluding carboxylic acids is 1. The molecule has 3 aliphatic heterocycles. The molecule has 11 nitrogen and oxygen atoms in total. The lowest BCUT2D eigenvalue weighted by Crippen LogP contribution is -2.49. The first-order valence-corrected chi connectivity index (χ1v) is 13.6. The second kappa shape index (κ2) is 10.4. The van der Waals surface area contributed by atoms with E-state index in [-0.39, 0.29) is 18.0 Å². The minimum Gasteiger partial charge on any atom is -0.478 e. The number of hydrogen-bond acceptors (Lipinski definition) is 9. The molecule has 2 aromatic heterocycles. The number of aryl methyl sites for hydroxylation is 1. The average Bonchev–Trinajstić information content (AvgIpc) is 3.59. The van der Waals surface area contributed by atoms with Crippen molar-refractivity contribution in [2.24, 2.45) is 0 Å². The fourth-order valence-electron chi connectivity index (χ4n) is 5.77. The van der Waals surface area contributed by atoms with Gasteiger partial charge < -0.3 is 28.9 Å². The molecule has 1 unspecified atom stereocenters. The smallest absolute Gasteiger partial charge is 0.322 e. The quantitative estimate of drug-likeness (QED) is 0.479. The summed E-state index contributed by atoms with van der Waals surface area (Å²) in [5.74, 6) is 1.43. The van der Waals surface area contributed by atoms with Gasteiger partial charge in [0.05, 0.1) is 11.7 Å². The number of H-pyrrole nitrogens is 1. The molecule has 1 amide bonds. The standard InChI is InChI=1S/C28H35N7O4/c1-5-22(36)34-11-13-35(14-12-34)26-25-27(31-28(30-26)37-16-19-7-6-10-33(19)4)39-24(18(3)38-25)23-17(2)8-9-21-20(23)15-29-32-21/h5,8-9,15,18-19,24H,1,6-7,10-14,16H2,2-4H3,(H,29,32)/t18-,19+,24?/m1/s1. The summed E-state index contributed by atoms with van der Waals surface area (Å²) in [6, 6.07) is 4.67. The van der Waals surface area contributed by atoms with Crippen molar-refractivity contribution in [2.75, 3.05) is 51.3 Å². The average molecular weight is 534 g/mol. The highest BCUT2D eigenvalue weighted by atomic mass is 16.6. The third kappa shape index (κ3) is 4.75. The van der Waals surface area contributed by atoms with Crippen LogP contribution in [0.1, 0.15) is 37.0 Å². The Labute approximate surface area is 227 Å². The number of nitrogens with one attached hydrogen (secondary N) is 1. The van der Waals surface area contributed by atoms with Gasteiger partial charge in [-0.3, -0.25) is 9.89 Å². The minimum absolute atomic E-state index is 0.0658. The topological polar surface area (TPSA) is 109 Å². The van der Waals surface area contributed by atoms with Crippen molar-refractivity contribution in [1.82, 2.24) is 30.0 Å². The van der Waals surface area contributed by atoms with E-state index in [0.717, 1.165) is 41.4 Å². The van der Waals surface area contributed by atoms with Gasteiger partial charge in [0.2, 0.25) is 11.7 Å². The van der Waals surface area contributed by atoms with Gasteiger partial charge in [0.25, 0.3) is 5.88 Å². The van der Waals surface area contributed by atoms with E-state index >= 15 is 0 Å². The van der Waals surface area contributed by atoms with Crippen LogP contribution in [-0.4, -0.2) is 94.4 Å². The second-order valence-corrected chi connectivity index (χ2v) is 10.6. The highest BCUT2D eigenvalue weighted by Crippen LogP contribution is 2.46. The molecule has 3 aliphatic rings. The van der Waals surface area contributed by atoms with Crippen LogP contribution in [0.15, 0.2) is 31.0 Å². The number of carbonyl (C=O) groups is 1. The van der Waals surface area contributed by atoms with Gasteiger partial charge in [-0.15, -0.1) is 0 Å². The van der Waals surface area contributed by atoms with Crippen LogP contribution in [0.3, 0.4) is 0 Å². The minimum atomic E-state index is -0.391. The number of ether oxygens (including phenoxy) is 3. The van der Waals surface area contributed by atoms with E-state index in [1.165, 1.54) is 6.08 Å². The van der Waals surface area contributed by atoms with Crippen molar-refractivity contribution in [2.45, 2.75) is 44.9 Å². The molecule has 0 bridgehead atoms. The molecule has 5 heterocycles. The zero-order valence-corrected chi connectivity index (χ0v) is 22.7. The first-order chi connectivity index (χ1) is 18.9. The van der Waals surface area contributed by atoms with E-state index in [1.807, 2.05) is 19.2 Å². The summed E-state index contributed by atoms with van der Waals surface area (Å²) in [6.07, 6.45) is 4.73. The van der Waals surface area contributed by atoms with E-state index < -0.39 is 6.10 Å². The van der Waals surface area contributed by atoms with Gasteiger partial charge >= 0.3 is 6.01 Å². The maximum Gasteiger partial charge on any atom is 0.322 e. The number of aromatic nitrogens is 4. The third-order valence-corrected chi connectivity index (χ3v) is 8.07. The molecular formula is C28H35N7O4. The third-order valence-electron chi connectivity index (χ3n) is 8.07. The summed E-state index contributed by atoms with van der Waals surface area (Å²) in [6.45, 7) is 11.6. The number of hydrogen-bond donors (Lipinski definition) is 1. The molecule has 0 saturated carbocycles. The highest BCUT2D eigenvalue weighted by molar-refractivity contribution is 5.87. The Morgan fingerprint density at radius 2 is 2.03 bits per heavy atom. The summed E-state index contributed by atoms with van der Waals surface area (Å²) in [5.41, 5.74) is 3.05. The normalized spacial score (nSPS) is 23.3. The number of likely N-dealkylation sites (N-methyl/N-ethyl adjacent to an activating group) is 1. The van der Waals surface area contributed by atoms with Gasteiger partial charge in [-0.2, -0.15) is 15.1 Å². The van der Waals surface area contributed by atoms with Crippen LogP contribution in [0.25, 0.3) is 10.9 Å². The molecule has 206 valence electrons. The van der Waals surface area contributed by atoms with Gasteiger partial charge in [-0.1, -0.05) is 12.6 Å². The number of nitrogens with zero attached hydrogens (tertiary/aromatic N) is 6. The summed E-state index contributed by atoms with van der Waals surface area (Å²) in [4.78, 5) is 27.8. The molecule has 3 atom stereocenters. The Bertz CT molecular complexity index is 1380. The molecule has 39 heavy (non-hydrogen) atoms. The molecule has 3 aromatic rings. The number of benzene rings is 1. The SMILES string of the molecule is C=CC(=O)N1CCN(c2nc(OC[C@@H]3CCCN3C)nc3c2O[C@H](C)C(c2c(C)ccc4[nH]ncc24)O3)CC1. The largest absolute Gasteiger partial charge is 0.478 e. The number of anilines is 1. The Morgan fingerprint density at radius 3 is 2.77 bits per heavy atom. The van der Waals surface area contributed by atoms with Crippen LogP contribution in [0.5, 0.6) is 17.6 Å². The van der Waals surface area contributed by atoms with Crippen molar-refractivity contribution < 1.29 is 19.0 Å². The van der Waals surface area contributed by atoms with Gasteiger partial charge in [-0.05, 0) is 58.0 Å². The lowest BCUT2D eigenvalue weighted by Gasteiger charge is -2.38. The van der Waals surface area contributed by atoms with Crippen LogP contribution in [0.2, 0.25) is 0 Å². The van der Waals surface area contributed by atoms with Crippen molar-refractivity contribution in [3.63, 3.8) is 0 Å². The van der Waals surface area contributed by atoms with Gasteiger partial charge in [0.1, 0.15) is 12.7 Å². The second-order valence-electron chi connectivity index (χ2n) is 10.6. The van der Waals surface area contributed by atoms with E-state index in [0.29, 0.717) is 56.3 Å². The molecule has 2 saturated heterocycles. The Kier molecular flexibility index (Phi) is 6.76. The summed E-state index contributed by atoms with van der Waals surface area (Å²) in [7, 11) is 2.12. The monoisotopic (exact) mass is 533 g/mol. The number of piperazine rings is 1. The first kappa shape index (κ1) is 25.4. The number of rotatable bonds is 6. The summed E-state index contributed by atoms with van der Waals surface area (Å²) in [5, 5.41) is 8.28. The molecule has 11 heteroatoms. The molecule has 2 fully saturated rings. The van der Waals surface area contributed by atoms with Crippen LogP contribution in [-0.2, 0) is 4.79 Å². The molecule has 6 rings (SSSR count). The zero-order chi connectivity index (χ0) is 27.1. The summed E-state index contributed by atoms with van der Waals surface area (Å²) >= 11 is 0. The van der Waals surface area contributed by atoms with E-state index in [1.54, 1.807) is 4.90 Å². The predicted octanol–water partition coefficient (Wildman–Crippen LogP) is 2.87. The van der Waals surface area contributed by atoms with Crippen molar-refractivity contribution >= 4 is 22.6 Å². The van der Waals surface area contributed by atoms with Crippen LogP contribution in [0.4, 0.5) is 5.82 Å². The molecule has 0 aliphatic carbocycles. The highest BCUT2D eigenvalue weighted by Gasteiger charge is 2.38. The van der Waals surface area contributed by atoms with Crippen LogP contribution < -0.4 is 19.1 Å². The Hall–Kier alpha value is -3.86. The lowest BCUT2D eigenvalue weighted by atomic mass is 9.95. The fraction of sp³-hybridized carbons (Fsp3) is 0.500. The number of fused-ring (bicyclic) bond motifs is 2. The fourth-order valence-corrected chi connectivity index (χ4v) is 5.77. The maximum atomic E-state index is 12.1. The van der Waals surface area contributed by atoms with Crippen molar-refractivity contribution in [1.29, 1.82) is 0 Å². The molecule has 0 radical (unpaired) electrons. The Morgan fingerprint density at radius 1 is 1.21 bits per heavy atom. The van der Waals surface area contributed by atoms with Gasteiger partial charge in [0, 0.05) is 43.2 Å². The molecule has 1 N–H and O–H groups in total. The van der Waals surface area contributed by atoms with Gasteiger partial charge in [-0.25, -0.2) is 0 Å². The summed E-state index contributed by atoms with van der Waals surface area (Å²) < 4.78 is 19.3. The van der Waals surface area contributed by atoms with Crippen molar-refractivity contribution in [3.8, 4) is 17.6 Å². The molecule has 0 spiro atoms. The van der Waals surface area contributed by atoms with Crippen LogP contribution in [0, 0.1) is 6.92 Å².